The van der Waals surface area contributed by atoms with Crippen molar-refractivity contribution in [2.75, 3.05) is 0 Å². The topological polar surface area (TPSA) is 23.8 Å². The molecule has 1 nitrogen and oxygen atoms in total. The molecule has 1 heterocycles. The number of nitrogens with zero attached hydrogens (tertiary/aromatic N) is 1. The lowest BCUT2D eigenvalue weighted by Crippen LogP contribution is -1.70. The fourth-order valence-corrected chi connectivity index (χ4v) is 2.51. The zero-order valence-corrected chi connectivity index (χ0v) is 10.8. The molecule has 0 saturated heterocycles. The van der Waals surface area contributed by atoms with E-state index in [9.17, 15) is 0 Å². The molecule has 1 aromatic carbocycles. The average Bonchev–Trinajstić information content (AvgIpc) is 2.76. The number of allylic oxidation sites excluding steroid dienone is 1. The molecule has 0 aliphatic carbocycles. The maximum atomic E-state index is 8.44. The van der Waals surface area contributed by atoms with Gasteiger partial charge in [0.1, 0.15) is 0 Å². The van der Waals surface area contributed by atoms with Crippen LogP contribution in [0, 0.1) is 11.3 Å². The highest BCUT2D eigenvalue weighted by Crippen LogP contribution is 2.29. The fraction of sp³-hybridized carbons (Fsp3) is 0. The fourth-order valence-electron chi connectivity index (χ4n) is 1.33. The van der Waals surface area contributed by atoms with E-state index in [1.54, 1.807) is 11.3 Å². The van der Waals surface area contributed by atoms with Gasteiger partial charge in [-0.1, -0.05) is 28.1 Å². The van der Waals surface area contributed by atoms with E-state index in [1.165, 1.54) is 16.5 Å². The van der Waals surface area contributed by atoms with Crippen LogP contribution in [0.15, 0.2) is 46.9 Å². The van der Waals surface area contributed by atoms with Gasteiger partial charge < -0.3 is 0 Å². The monoisotopic (exact) mass is 289 g/mol. The molecule has 0 aliphatic heterocycles. The lowest BCUT2D eigenvalue weighted by atomic mass is 10.2. The van der Waals surface area contributed by atoms with Crippen LogP contribution in [-0.4, -0.2) is 0 Å². The highest BCUT2D eigenvalue weighted by Gasteiger charge is 2.00. The minimum absolute atomic E-state index is 1.08. The van der Waals surface area contributed by atoms with Crippen LogP contribution in [0.4, 0.5) is 0 Å². The number of benzene rings is 1. The van der Waals surface area contributed by atoms with Crippen molar-refractivity contribution in [3.8, 4) is 16.5 Å². The van der Waals surface area contributed by atoms with Gasteiger partial charge in [-0.05, 0) is 35.9 Å². The van der Waals surface area contributed by atoms with Gasteiger partial charge in [0.15, 0.2) is 0 Å². The zero-order chi connectivity index (χ0) is 11.4. The first kappa shape index (κ1) is 11.1. The molecular formula is C13H8BrNS. The minimum Gasteiger partial charge on any atom is -0.193 e. The molecule has 0 radical (unpaired) electrons. The van der Waals surface area contributed by atoms with Crippen molar-refractivity contribution >= 4 is 33.3 Å². The Morgan fingerprint density at radius 1 is 1.12 bits per heavy atom. The van der Waals surface area contributed by atoms with Gasteiger partial charge in [0.2, 0.25) is 0 Å². The second-order valence-electron chi connectivity index (χ2n) is 3.17. The van der Waals surface area contributed by atoms with Gasteiger partial charge in [-0.2, -0.15) is 5.26 Å². The summed E-state index contributed by atoms with van der Waals surface area (Å²) in [7, 11) is 0. The largest absolute Gasteiger partial charge is 0.193 e. The van der Waals surface area contributed by atoms with E-state index in [-0.39, 0.29) is 0 Å². The van der Waals surface area contributed by atoms with Gasteiger partial charge in [-0.3, -0.25) is 0 Å². The van der Waals surface area contributed by atoms with E-state index >= 15 is 0 Å². The number of rotatable bonds is 2. The van der Waals surface area contributed by atoms with E-state index < -0.39 is 0 Å². The van der Waals surface area contributed by atoms with Crippen molar-refractivity contribution in [1.29, 1.82) is 5.26 Å². The summed E-state index contributed by atoms with van der Waals surface area (Å²) in [6, 6.07) is 14.3. The lowest BCUT2D eigenvalue weighted by Gasteiger charge is -1.96. The van der Waals surface area contributed by atoms with Crippen molar-refractivity contribution in [3.63, 3.8) is 0 Å². The molecule has 0 fully saturated rings. The Labute approximate surface area is 107 Å². The summed E-state index contributed by atoms with van der Waals surface area (Å²) in [6.45, 7) is 0. The molecule has 0 aliphatic rings. The molecule has 0 amide bonds. The third-order valence-corrected chi connectivity index (χ3v) is 3.71. The van der Waals surface area contributed by atoms with Crippen LogP contribution in [0.25, 0.3) is 16.5 Å². The Kier molecular flexibility index (Phi) is 3.55. The molecule has 3 heteroatoms. The molecule has 0 atom stereocenters. The van der Waals surface area contributed by atoms with Crippen molar-refractivity contribution in [2.24, 2.45) is 0 Å². The van der Waals surface area contributed by atoms with Crippen LogP contribution >= 0.6 is 27.3 Å². The van der Waals surface area contributed by atoms with E-state index in [0.717, 1.165) is 9.35 Å². The number of nitriles is 1. The molecule has 0 saturated carbocycles. The van der Waals surface area contributed by atoms with Crippen LogP contribution in [0.1, 0.15) is 4.88 Å². The Morgan fingerprint density at radius 3 is 2.56 bits per heavy atom. The molecule has 78 valence electrons. The summed E-state index contributed by atoms with van der Waals surface area (Å²) in [4.78, 5) is 2.31. The summed E-state index contributed by atoms with van der Waals surface area (Å²) in [5, 5.41) is 8.44. The molecule has 16 heavy (non-hydrogen) atoms. The summed E-state index contributed by atoms with van der Waals surface area (Å²) in [5.74, 6) is 0. The first-order valence-electron chi connectivity index (χ1n) is 4.71. The van der Waals surface area contributed by atoms with Crippen LogP contribution in [-0.2, 0) is 0 Å². The number of hydrogen-bond acceptors (Lipinski definition) is 2. The quantitative estimate of drug-likeness (QED) is 0.734. The van der Waals surface area contributed by atoms with Gasteiger partial charge in [0, 0.05) is 20.3 Å². The van der Waals surface area contributed by atoms with Crippen molar-refractivity contribution in [2.45, 2.75) is 0 Å². The molecule has 0 bridgehead atoms. The third-order valence-electron chi connectivity index (χ3n) is 2.08. The molecule has 0 spiro atoms. The summed E-state index contributed by atoms with van der Waals surface area (Å²) in [5.41, 5.74) is 1.20. The highest BCUT2D eigenvalue weighted by atomic mass is 79.9. The van der Waals surface area contributed by atoms with Gasteiger partial charge in [-0.15, -0.1) is 11.3 Å². The molecule has 1 aromatic heterocycles. The van der Waals surface area contributed by atoms with Crippen molar-refractivity contribution in [1.82, 2.24) is 0 Å². The predicted octanol–water partition coefficient (Wildman–Crippen LogP) is 4.71. The van der Waals surface area contributed by atoms with E-state index in [2.05, 4.69) is 34.1 Å². The van der Waals surface area contributed by atoms with Crippen LogP contribution in [0.5, 0.6) is 0 Å². The summed E-state index contributed by atoms with van der Waals surface area (Å²) < 4.78 is 1.08. The van der Waals surface area contributed by atoms with E-state index in [4.69, 9.17) is 5.26 Å². The van der Waals surface area contributed by atoms with E-state index in [0.29, 0.717) is 0 Å². The lowest BCUT2D eigenvalue weighted by molar-refractivity contribution is 1.54. The molecule has 0 N–H and O–H groups in total. The normalized spacial score (nSPS) is 10.5. The number of thiophene rings is 1. The smallest absolute Gasteiger partial charge is 0.0912 e. The number of hydrogen-bond donors (Lipinski definition) is 0. The van der Waals surface area contributed by atoms with Crippen molar-refractivity contribution in [3.05, 3.63) is 51.8 Å². The molecule has 2 rings (SSSR count). The first-order chi connectivity index (χ1) is 7.79. The minimum atomic E-state index is 1.08. The van der Waals surface area contributed by atoms with Crippen LogP contribution in [0.2, 0.25) is 0 Å². The summed E-state index contributed by atoms with van der Waals surface area (Å²) >= 11 is 5.09. The van der Waals surface area contributed by atoms with Gasteiger partial charge in [0.05, 0.1) is 6.07 Å². The third kappa shape index (κ3) is 2.60. The van der Waals surface area contributed by atoms with Crippen LogP contribution < -0.4 is 0 Å². The maximum Gasteiger partial charge on any atom is 0.0912 e. The SMILES string of the molecule is N#CC=Cc1ccc(-c2ccc(Br)cc2)s1. The second kappa shape index (κ2) is 5.11. The van der Waals surface area contributed by atoms with Gasteiger partial charge in [0.25, 0.3) is 0 Å². The average molecular weight is 290 g/mol. The first-order valence-corrected chi connectivity index (χ1v) is 6.32. The Balaban J connectivity index is 2.28. The molecule has 2 aromatic rings. The van der Waals surface area contributed by atoms with E-state index in [1.807, 2.05) is 30.3 Å². The molecule has 0 unspecified atom stereocenters. The predicted molar refractivity (Wildman–Crippen MR) is 72.1 cm³/mol. The summed E-state index contributed by atoms with van der Waals surface area (Å²) in [6.07, 6.45) is 3.32. The maximum absolute atomic E-state index is 8.44. The standard InChI is InChI=1S/C13H8BrNS/c14-11-5-3-10(4-6-11)13-8-7-12(16-13)2-1-9-15/h1-8H. The zero-order valence-electron chi connectivity index (χ0n) is 8.35. The van der Waals surface area contributed by atoms with Gasteiger partial charge in [-0.25, -0.2) is 0 Å². The van der Waals surface area contributed by atoms with Crippen molar-refractivity contribution < 1.29 is 0 Å². The number of halogens is 1. The Hall–Kier alpha value is -1.37. The van der Waals surface area contributed by atoms with Crippen LogP contribution in [0.3, 0.4) is 0 Å². The molecular weight excluding hydrogens is 282 g/mol. The highest BCUT2D eigenvalue weighted by molar-refractivity contribution is 9.10. The second-order valence-corrected chi connectivity index (χ2v) is 5.20. The van der Waals surface area contributed by atoms with Gasteiger partial charge >= 0.3 is 0 Å². The Morgan fingerprint density at radius 2 is 1.88 bits per heavy atom. The Bertz CT molecular complexity index is 546.